The van der Waals surface area contributed by atoms with Crippen molar-refractivity contribution >= 4 is 47.4 Å². The lowest BCUT2D eigenvalue weighted by molar-refractivity contribution is 0.415. The van der Waals surface area contributed by atoms with E-state index in [0.29, 0.717) is 22.2 Å². The molecule has 0 aliphatic heterocycles. The van der Waals surface area contributed by atoms with E-state index in [-0.39, 0.29) is 20.9 Å². The molecule has 0 fully saturated rings. The zero-order valence-electron chi connectivity index (χ0n) is 18.7. The van der Waals surface area contributed by atoms with Crippen LogP contribution in [0.1, 0.15) is 5.56 Å². The predicted octanol–water partition coefficient (Wildman–Crippen LogP) is 4.93. The van der Waals surface area contributed by atoms with Crippen molar-refractivity contribution in [3.05, 3.63) is 84.4 Å². The third kappa shape index (κ3) is 4.11. The fraction of sp³-hybridized carbons (Fsp3) is 0.0800. The molecular formula is C25H20N2O6S2. The largest absolute Gasteiger partial charge is 0.497 e. The number of aromatic nitrogens is 1. The van der Waals surface area contributed by atoms with Crippen molar-refractivity contribution in [1.82, 2.24) is 4.98 Å². The molecule has 8 nitrogen and oxygen atoms in total. The smallest absolute Gasteiger partial charge is 0.321 e. The molecule has 178 valence electrons. The van der Waals surface area contributed by atoms with Crippen molar-refractivity contribution in [2.45, 2.75) is 21.9 Å². The van der Waals surface area contributed by atoms with Crippen LogP contribution in [0.4, 0.5) is 5.69 Å². The summed E-state index contributed by atoms with van der Waals surface area (Å²) in [4.78, 5) is 4.23. The van der Waals surface area contributed by atoms with Crippen molar-refractivity contribution < 1.29 is 26.0 Å². The molecule has 10 heteroatoms. The Morgan fingerprint density at radius 3 is 2.17 bits per heavy atom. The molecule has 0 unspecified atom stereocenters. The van der Waals surface area contributed by atoms with E-state index in [0.717, 1.165) is 5.56 Å². The lowest BCUT2D eigenvalue weighted by Gasteiger charge is -2.11. The van der Waals surface area contributed by atoms with Crippen LogP contribution in [0.3, 0.4) is 0 Å². The zero-order chi connectivity index (χ0) is 24.8. The molecule has 0 saturated carbocycles. The van der Waals surface area contributed by atoms with E-state index < -0.39 is 25.1 Å². The van der Waals surface area contributed by atoms with Crippen LogP contribution in [0, 0.1) is 6.92 Å². The third-order valence-electron chi connectivity index (χ3n) is 5.54. The lowest BCUT2D eigenvalue weighted by atomic mass is 10.1. The summed E-state index contributed by atoms with van der Waals surface area (Å²) in [6.07, 6.45) is 0. The van der Waals surface area contributed by atoms with Crippen molar-refractivity contribution in [3.8, 4) is 5.75 Å². The number of methoxy groups -OCH3 is 1. The van der Waals surface area contributed by atoms with Gasteiger partial charge in [0.05, 0.1) is 16.9 Å². The first kappa shape index (κ1) is 22.9. The fourth-order valence-corrected chi connectivity index (χ4v) is 6.12. The van der Waals surface area contributed by atoms with E-state index in [1.54, 1.807) is 60.7 Å². The SMILES string of the molecule is COc1ccc(NS(=O)(=O)c2cc3oc(S(=O)(=O)c4ccc(C)cc4)nc3c3ccccc23)cc1. The molecule has 5 rings (SSSR count). The van der Waals surface area contributed by atoms with Gasteiger partial charge < -0.3 is 9.15 Å². The van der Waals surface area contributed by atoms with Gasteiger partial charge in [-0.2, -0.15) is 4.98 Å². The second-order valence-corrected chi connectivity index (χ2v) is 11.4. The number of benzene rings is 4. The quantitative estimate of drug-likeness (QED) is 0.346. The highest BCUT2D eigenvalue weighted by molar-refractivity contribution is 7.93. The Hall–Kier alpha value is -3.89. The topological polar surface area (TPSA) is 116 Å². The van der Waals surface area contributed by atoms with Gasteiger partial charge in [0.25, 0.3) is 19.9 Å². The maximum Gasteiger partial charge on any atom is 0.321 e. The molecule has 1 N–H and O–H groups in total. The molecule has 0 amide bonds. The maximum absolute atomic E-state index is 13.3. The highest BCUT2D eigenvalue weighted by Crippen LogP contribution is 2.34. The van der Waals surface area contributed by atoms with Crippen molar-refractivity contribution in [1.29, 1.82) is 0 Å². The first-order chi connectivity index (χ1) is 16.7. The number of sulfonamides is 1. The van der Waals surface area contributed by atoms with Gasteiger partial charge in [-0.25, -0.2) is 16.8 Å². The summed E-state index contributed by atoms with van der Waals surface area (Å²) >= 11 is 0. The maximum atomic E-state index is 13.3. The van der Waals surface area contributed by atoms with E-state index in [4.69, 9.17) is 9.15 Å². The Labute approximate surface area is 202 Å². The first-order valence-corrected chi connectivity index (χ1v) is 13.5. The van der Waals surface area contributed by atoms with Gasteiger partial charge in [-0.15, -0.1) is 0 Å². The van der Waals surface area contributed by atoms with Crippen LogP contribution in [0.15, 0.2) is 98.3 Å². The molecule has 0 bridgehead atoms. The summed E-state index contributed by atoms with van der Waals surface area (Å²) in [6.45, 7) is 1.85. The Morgan fingerprint density at radius 1 is 0.857 bits per heavy atom. The number of hydrogen-bond donors (Lipinski definition) is 1. The third-order valence-corrected chi connectivity index (χ3v) is 8.48. The molecule has 1 heterocycles. The van der Waals surface area contributed by atoms with Crippen LogP contribution in [-0.4, -0.2) is 28.9 Å². The number of ether oxygens (including phenoxy) is 1. The van der Waals surface area contributed by atoms with Crippen molar-refractivity contribution in [2.24, 2.45) is 0 Å². The average molecular weight is 509 g/mol. The number of hydrogen-bond acceptors (Lipinski definition) is 7. The number of anilines is 1. The van der Waals surface area contributed by atoms with Gasteiger partial charge in [-0.1, -0.05) is 42.0 Å². The van der Waals surface area contributed by atoms with Gasteiger partial charge in [-0.3, -0.25) is 4.72 Å². The van der Waals surface area contributed by atoms with Crippen LogP contribution in [-0.2, 0) is 19.9 Å². The Bertz CT molecular complexity index is 1770. The van der Waals surface area contributed by atoms with Gasteiger partial charge in [0.2, 0.25) is 0 Å². The number of nitrogens with zero attached hydrogens (tertiary/aromatic N) is 1. The summed E-state index contributed by atoms with van der Waals surface area (Å²) in [5.74, 6) is 0.587. The number of sulfone groups is 1. The van der Waals surface area contributed by atoms with Crippen LogP contribution >= 0.6 is 0 Å². The van der Waals surface area contributed by atoms with Gasteiger partial charge >= 0.3 is 5.22 Å². The van der Waals surface area contributed by atoms with Gasteiger partial charge in [0, 0.05) is 22.5 Å². The molecule has 0 atom stereocenters. The molecule has 0 saturated heterocycles. The van der Waals surface area contributed by atoms with Crippen LogP contribution < -0.4 is 9.46 Å². The van der Waals surface area contributed by atoms with E-state index in [2.05, 4.69) is 9.71 Å². The highest BCUT2D eigenvalue weighted by Gasteiger charge is 2.27. The molecule has 0 aliphatic rings. The van der Waals surface area contributed by atoms with E-state index >= 15 is 0 Å². The lowest BCUT2D eigenvalue weighted by Crippen LogP contribution is -2.13. The average Bonchev–Trinajstić information content (AvgIpc) is 3.30. The standard InChI is InChI=1S/C25H20N2O6S2/c1-16-7-13-19(14-8-16)34(28,29)25-26-24-21-6-4-3-5-20(21)23(15-22(24)33-25)35(30,31)27-17-9-11-18(32-2)12-10-17/h3-15,27H,1-2H3. The molecule has 0 spiro atoms. The number of nitrogens with one attached hydrogen (secondary N) is 1. The molecular weight excluding hydrogens is 488 g/mol. The van der Waals surface area contributed by atoms with Crippen LogP contribution in [0.25, 0.3) is 21.9 Å². The van der Waals surface area contributed by atoms with Crippen LogP contribution in [0.2, 0.25) is 0 Å². The van der Waals surface area contributed by atoms with Gasteiger partial charge in [0.1, 0.15) is 11.3 Å². The second kappa shape index (κ2) is 8.40. The molecule has 0 aliphatic carbocycles. The Balaban J connectivity index is 1.66. The highest BCUT2D eigenvalue weighted by atomic mass is 32.2. The molecule has 0 radical (unpaired) electrons. The number of rotatable bonds is 6. The monoisotopic (exact) mass is 508 g/mol. The first-order valence-electron chi connectivity index (χ1n) is 10.5. The minimum Gasteiger partial charge on any atom is -0.497 e. The molecule has 35 heavy (non-hydrogen) atoms. The van der Waals surface area contributed by atoms with Crippen molar-refractivity contribution in [2.75, 3.05) is 11.8 Å². The normalized spacial score (nSPS) is 12.2. The minimum atomic E-state index is -4.06. The number of fused-ring (bicyclic) bond motifs is 3. The van der Waals surface area contributed by atoms with Gasteiger partial charge in [0.15, 0.2) is 5.58 Å². The zero-order valence-corrected chi connectivity index (χ0v) is 20.4. The van der Waals surface area contributed by atoms with Crippen molar-refractivity contribution in [3.63, 3.8) is 0 Å². The summed E-state index contributed by atoms with van der Waals surface area (Å²) in [7, 11) is -6.59. The number of aryl methyl sites for hydroxylation is 1. The Kier molecular flexibility index (Phi) is 5.49. The summed E-state index contributed by atoms with van der Waals surface area (Å²) in [6, 6.07) is 20.8. The summed E-state index contributed by atoms with van der Waals surface area (Å²) in [5.41, 5.74) is 1.56. The van der Waals surface area contributed by atoms with E-state index in [9.17, 15) is 16.8 Å². The summed E-state index contributed by atoms with van der Waals surface area (Å²) in [5, 5.41) is 0.335. The predicted molar refractivity (Wildman–Crippen MR) is 132 cm³/mol. The summed E-state index contributed by atoms with van der Waals surface area (Å²) < 4.78 is 66.2. The van der Waals surface area contributed by atoms with E-state index in [1.807, 2.05) is 6.92 Å². The minimum absolute atomic E-state index is 0.0352. The fourth-order valence-electron chi connectivity index (χ4n) is 3.73. The molecule has 5 aromatic rings. The van der Waals surface area contributed by atoms with E-state index in [1.165, 1.54) is 25.3 Å². The molecule has 4 aromatic carbocycles. The Morgan fingerprint density at radius 2 is 1.51 bits per heavy atom. The number of oxazole rings is 1. The molecule has 1 aromatic heterocycles. The second-order valence-electron chi connectivity index (χ2n) is 7.90. The van der Waals surface area contributed by atoms with Gasteiger partial charge in [-0.05, 0) is 43.3 Å². The van der Waals surface area contributed by atoms with Crippen LogP contribution in [0.5, 0.6) is 5.75 Å².